The van der Waals surface area contributed by atoms with Crippen molar-refractivity contribution >= 4 is 15.9 Å². The SMILES string of the molecule is CCc1ccc(C(Br)c2c(C)c(C)cc(C)c2C)cc1. The van der Waals surface area contributed by atoms with E-state index in [4.69, 9.17) is 0 Å². The molecule has 0 amide bonds. The van der Waals surface area contributed by atoms with Gasteiger partial charge in [-0.1, -0.05) is 53.2 Å². The van der Waals surface area contributed by atoms with E-state index in [0.717, 1.165) is 6.42 Å². The molecule has 2 aromatic rings. The third-order valence-corrected chi connectivity index (χ3v) is 5.34. The van der Waals surface area contributed by atoms with Crippen molar-refractivity contribution in [3.8, 4) is 0 Å². The van der Waals surface area contributed by atoms with Gasteiger partial charge in [0.15, 0.2) is 0 Å². The zero-order valence-electron chi connectivity index (χ0n) is 13.0. The van der Waals surface area contributed by atoms with Crippen molar-refractivity contribution in [3.63, 3.8) is 0 Å². The Morgan fingerprint density at radius 2 is 1.40 bits per heavy atom. The number of hydrogen-bond acceptors (Lipinski definition) is 0. The second-order valence-corrected chi connectivity index (χ2v) is 6.55. The maximum absolute atomic E-state index is 3.91. The van der Waals surface area contributed by atoms with Crippen LogP contribution in [0.1, 0.15) is 50.7 Å². The van der Waals surface area contributed by atoms with E-state index in [0.29, 0.717) is 0 Å². The molecule has 106 valence electrons. The van der Waals surface area contributed by atoms with E-state index < -0.39 is 0 Å². The summed E-state index contributed by atoms with van der Waals surface area (Å²) in [5.41, 5.74) is 9.69. The largest absolute Gasteiger partial charge is 0.0786 e. The molecule has 0 heterocycles. The second kappa shape index (κ2) is 6.13. The third kappa shape index (κ3) is 2.83. The molecule has 1 unspecified atom stereocenters. The van der Waals surface area contributed by atoms with Crippen LogP contribution in [0.5, 0.6) is 0 Å². The van der Waals surface area contributed by atoms with Crippen LogP contribution in [-0.2, 0) is 6.42 Å². The third-order valence-electron chi connectivity index (χ3n) is 4.36. The summed E-state index contributed by atoms with van der Waals surface area (Å²) >= 11 is 3.91. The van der Waals surface area contributed by atoms with Gasteiger partial charge in [-0.15, -0.1) is 0 Å². The fourth-order valence-corrected chi connectivity index (χ4v) is 3.71. The second-order valence-electron chi connectivity index (χ2n) is 5.63. The van der Waals surface area contributed by atoms with Gasteiger partial charge in [0.2, 0.25) is 0 Å². The lowest BCUT2D eigenvalue weighted by Crippen LogP contribution is -2.03. The van der Waals surface area contributed by atoms with E-state index in [1.807, 2.05) is 0 Å². The van der Waals surface area contributed by atoms with Crippen molar-refractivity contribution in [1.29, 1.82) is 0 Å². The van der Waals surface area contributed by atoms with Gasteiger partial charge in [-0.05, 0) is 73.1 Å². The molecule has 1 heteroatoms. The standard InChI is InChI=1S/C19H23Br/c1-6-16-7-9-17(10-8-16)19(20)18-14(4)12(2)11-13(3)15(18)5/h7-11,19H,6H2,1-5H3. The Kier molecular flexibility index (Phi) is 4.70. The summed E-state index contributed by atoms with van der Waals surface area (Å²) in [6, 6.07) is 11.2. The fourth-order valence-electron chi connectivity index (χ4n) is 2.72. The quantitative estimate of drug-likeness (QED) is 0.608. The van der Waals surface area contributed by atoms with Crippen LogP contribution >= 0.6 is 15.9 Å². The molecule has 0 radical (unpaired) electrons. The minimum atomic E-state index is 0.270. The van der Waals surface area contributed by atoms with Gasteiger partial charge >= 0.3 is 0 Å². The number of benzene rings is 2. The van der Waals surface area contributed by atoms with Crippen LogP contribution in [0.4, 0.5) is 0 Å². The van der Waals surface area contributed by atoms with Crippen LogP contribution < -0.4 is 0 Å². The molecule has 1 atom stereocenters. The molecular weight excluding hydrogens is 308 g/mol. The highest BCUT2D eigenvalue weighted by atomic mass is 79.9. The molecule has 0 aliphatic rings. The molecular formula is C19H23Br. The van der Waals surface area contributed by atoms with E-state index in [9.17, 15) is 0 Å². The highest BCUT2D eigenvalue weighted by Crippen LogP contribution is 2.37. The maximum atomic E-state index is 3.91. The van der Waals surface area contributed by atoms with E-state index in [2.05, 4.69) is 80.9 Å². The van der Waals surface area contributed by atoms with Gasteiger partial charge < -0.3 is 0 Å². The molecule has 0 aromatic heterocycles. The summed E-state index contributed by atoms with van der Waals surface area (Å²) in [6.45, 7) is 11.0. The summed E-state index contributed by atoms with van der Waals surface area (Å²) in [7, 11) is 0. The summed E-state index contributed by atoms with van der Waals surface area (Å²) in [5.74, 6) is 0. The van der Waals surface area contributed by atoms with Gasteiger partial charge in [0, 0.05) is 0 Å². The van der Waals surface area contributed by atoms with E-state index in [1.165, 1.54) is 38.9 Å². The molecule has 0 saturated heterocycles. The molecule has 0 nitrogen and oxygen atoms in total. The minimum absolute atomic E-state index is 0.270. The average Bonchev–Trinajstić information content (AvgIpc) is 2.45. The van der Waals surface area contributed by atoms with Gasteiger partial charge in [-0.3, -0.25) is 0 Å². The normalized spacial score (nSPS) is 12.5. The Morgan fingerprint density at radius 1 is 0.900 bits per heavy atom. The van der Waals surface area contributed by atoms with Crippen molar-refractivity contribution in [2.45, 2.75) is 45.9 Å². The molecule has 2 rings (SSSR count). The predicted molar refractivity (Wildman–Crippen MR) is 92.0 cm³/mol. The number of aryl methyl sites for hydroxylation is 3. The molecule has 0 spiro atoms. The maximum Gasteiger partial charge on any atom is 0.0649 e. The number of halogens is 1. The molecule has 0 fully saturated rings. The summed E-state index contributed by atoms with van der Waals surface area (Å²) in [5, 5.41) is 0. The first-order valence-corrected chi connectivity index (χ1v) is 8.17. The van der Waals surface area contributed by atoms with Crippen LogP contribution in [0, 0.1) is 27.7 Å². The lowest BCUT2D eigenvalue weighted by Gasteiger charge is -2.20. The van der Waals surface area contributed by atoms with Gasteiger partial charge in [-0.2, -0.15) is 0 Å². The summed E-state index contributed by atoms with van der Waals surface area (Å²) < 4.78 is 0. The summed E-state index contributed by atoms with van der Waals surface area (Å²) in [6.07, 6.45) is 1.09. The first-order valence-electron chi connectivity index (χ1n) is 7.25. The first kappa shape index (κ1) is 15.3. The van der Waals surface area contributed by atoms with Crippen LogP contribution in [0.25, 0.3) is 0 Å². The number of rotatable bonds is 3. The van der Waals surface area contributed by atoms with Crippen molar-refractivity contribution in [3.05, 3.63) is 69.3 Å². The monoisotopic (exact) mass is 330 g/mol. The molecule has 2 aromatic carbocycles. The summed E-state index contributed by atoms with van der Waals surface area (Å²) in [4.78, 5) is 0.270. The number of hydrogen-bond donors (Lipinski definition) is 0. The Labute approximate surface area is 131 Å². The highest BCUT2D eigenvalue weighted by molar-refractivity contribution is 9.09. The Morgan fingerprint density at radius 3 is 1.85 bits per heavy atom. The molecule has 0 N–H and O–H groups in total. The van der Waals surface area contributed by atoms with E-state index in [-0.39, 0.29) is 4.83 Å². The molecule has 20 heavy (non-hydrogen) atoms. The van der Waals surface area contributed by atoms with Crippen LogP contribution in [0.3, 0.4) is 0 Å². The zero-order chi connectivity index (χ0) is 14.9. The lowest BCUT2D eigenvalue weighted by atomic mass is 9.90. The van der Waals surface area contributed by atoms with Crippen molar-refractivity contribution in [2.75, 3.05) is 0 Å². The minimum Gasteiger partial charge on any atom is -0.0786 e. The lowest BCUT2D eigenvalue weighted by molar-refractivity contribution is 1.07. The Hall–Kier alpha value is -1.08. The van der Waals surface area contributed by atoms with Crippen molar-refractivity contribution < 1.29 is 0 Å². The van der Waals surface area contributed by atoms with Crippen molar-refractivity contribution in [2.24, 2.45) is 0 Å². The Bertz CT molecular complexity index is 582. The molecule has 0 bridgehead atoms. The highest BCUT2D eigenvalue weighted by Gasteiger charge is 2.17. The van der Waals surface area contributed by atoms with Crippen LogP contribution in [-0.4, -0.2) is 0 Å². The number of alkyl halides is 1. The van der Waals surface area contributed by atoms with E-state index in [1.54, 1.807) is 0 Å². The van der Waals surface area contributed by atoms with Gasteiger partial charge in [0.05, 0.1) is 4.83 Å². The van der Waals surface area contributed by atoms with Crippen LogP contribution in [0.2, 0.25) is 0 Å². The predicted octanol–water partition coefficient (Wildman–Crippen LogP) is 5.97. The van der Waals surface area contributed by atoms with Gasteiger partial charge in [0.25, 0.3) is 0 Å². The molecule has 0 aliphatic heterocycles. The smallest absolute Gasteiger partial charge is 0.0649 e. The molecule has 0 aliphatic carbocycles. The zero-order valence-corrected chi connectivity index (χ0v) is 14.6. The fraction of sp³-hybridized carbons (Fsp3) is 0.368. The topological polar surface area (TPSA) is 0 Å². The Balaban J connectivity index is 2.49. The van der Waals surface area contributed by atoms with Crippen LogP contribution in [0.15, 0.2) is 30.3 Å². The van der Waals surface area contributed by atoms with E-state index >= 15 is 0 Å². The van der Waals surface area contributed by atoms with Gasteiger partial charge in [0.1, 0.15) is 0 Å². The molecule has 0 saturated carbocycles. The van der Waals surface area contributed by atoms with Crippen molar-refractivity contribution in [1.82, 2.24) is 0 Å². The first-order chi connectivity index (χ1) is 9.45. The average molecular weight is 331 g/mol. The van der Waals surface area contributed by atoms with Gasteiger partial charge in [-0.25, -0.2) is 0 Å².